The van der Waals surface area contributed by atoms with Crippen LogP contribution in [0.2, 0.25) is 10.0 Å². The molecule has 60 heavy (non-hydrogen) atoms. The molecule has 4 heterocycles. The molecule has 0 saturated heterocycles. The molecule has 8 rings (SSSR count). The van der Waals surface area contributed by atoms with Gasteiger partial charge in [-0.1, -0.05) is 112 Å². The summed E-state index contributed by atoms with van der Waals surface area (Å²) in [6.07, 6.45) is 0. The quantitative estimate of drug-likeness (QED) is 0.0940. The Morgan fingerprint density at radius 2 is 1.00 bits per heavy atom. The molecule has 16 heteroatoms. The van der Waals surface area contributed by atoms with Crippen molar-refractivity contribution in [3.05, 3.63) is 155 Å². The van der Waals surface area contributed by atoms with Crippen LogP contribution >= 0.6 is 23.2 Å². The third-order valence-electron chi connectivity index (χ3n) is 7.93. The second kappa shape index (κ2) is 23.4. The minimum Gasteiger partial charge on any atom is -0.870 e. The van der Waals surface area contributed by atoms with Crippen LogP contribution in [0.4, 0.5) is 23.0 Å². The number of anilines is 4. The van der Waals surface area contributed by atoms with Gasteiger partial charge < -0.3 is 26.0 Å². The number of aromatic nitrogens is 6. The average molecular weight is 842 g/mol. The number of esters is 1. The molecular weight excluding hydrogens is 798 g/mol. The van der Waals surface area contributed by atoms with E-state index in [-0.39, 0.29) is 42.3 Å². The molecule has 0 atom stereocenters. The van der Waals surface area contributed by atoms with Crippen LogP contribution in [-0.2, 0) is 4.74 Å². The number of carbonyl (C=O) groups is 2. The third-order valence-corrected chi connectivity index (χ3v) is 8.43. The van der Waals surface area contributed by atoms with Gasteiger partial charge in [0, 0.05) is 56.8 Å². The number of benzene rings is 4. The molecule has 0 aliphatic carbocycles. The summed E-state index contributed by atoms with van der Waals surface area (Å²) >= 11 is 12.0. The predicted octanol–water partition coefficient (Wildman–Crippen LogP) is 8.34. The molecule has 0 spiro atoms. The van der Waals surface area contributed by atoms with Gasteiger partial charge >= 0.3 is 30.8 Å². The van der Waals surface area contributed by atoms with Crippen LogP contribution < -0.4 is 29.5 Å². The molecule has 0 aliphatic heterocycles. The van der Waals surface area contributed by atoms with E-state index in [1.807, 2.05) is 137 Å². The molecule has 4 aromatic carbocycles. The van der Waals surface area contributed by atoms with E-state index >= 15 is 0 Å². The number of ether oxygens (including phenoxy) is 1. The molecule has 0 aliphatic rings. The number of nitrogens with one attached hydrogen (secondary N) is 2. The summed E-state index contributed by atoms with van der Waals surface area (Å²) < 4.78 is 8.14. The van der Waals surface area contributed by atoms with Gasteiger partial charge in [-0.25, -0.2) is 19.6 Å². The van der Waals surface area contributed by atoms with Crippen LogP contribution in [-0.4, -0.2) is 58.3 Å². The molecule has 304 valence electrons. The zero-order chi connectivity index (χ0) is 41.6. The standard InChI is InChI=1S/C21H17ClN4O2.C19H13ClN4O2.2C2H6.Li.H2O/c1-2-28-21(27)18-13-20-24-17(14-8-10-15(22)11-9-14)12-19(26(20)25-18)23-16-6-4-3-5-7-16;20-13-8-6-12(7-9-13)15-10-17(21-14-4-2-1-3-5-14)24-18(22-15)11-16(23-24)19(25)26;2*1-2;;/h3-13,23H,2H2,1H3;1-11,21H,(H,25,26);2*1-2H3;;1H2/q;;;;+1;/p-1. The number of para-hydroxylation sites is 2. The molecule has 4 aromatic heterocycles. The fourth-order valence-electron chi connectivity index (χ4n) is 5.41. The van der Waals surface area contributed by atoms with Crippen LogP contribution in [0, 0.1) is 0 Å². The fraction of sp³-hybridized carbons (Fsp3) is 0.136. The van der Waals surface area contributed by atoms with E-state index < -0.39 is 11.9 Å². The molecular formula is C44H43Cl2LiN8O5. The van der Waals surface area contributed by atoms with Crippen molar-refractivity contribution >= 4 is 69.4 Å². The van der Waals surface area contributed by atoms with E-state index in [1.165, 1.54) is 10.6 Å². The van der Waals surface area contributed by atoms with Gasteiger partial charge in [-0.2, -0.15) is 19.2 Å². The van der Waals surface area contributed by atoms with Crippen molar-refractivity contribution < 1.29 is 43.8 Å². The first-order valence-electron chi connectivity index (χ1n) is 18.6. The summed E-state index contributed by atoms with van der Waals surface area (Å²) in [4.78, 5) is 32.6. The van der Waals surface area contributed by atoms with E-state index in [2.05, 4.69) is 30.8 Å². The van der Waals surface area contributed by atoms with Gasteiger partial charge in [0.1, 0.15) is 11.6 Å². The maximum atomic E-state index is 12.1. The van der Waals surface area contributed by atoms with Crippen LogP contribution in [0.5, 0.6) is 0 Å². The summed E-state index contributed by atoms with van der Waals surface area (Å²) in [7, 11) is 0. The number of rotatable bonds is 9. The molecule has 0 unspecified atom stereocenters. The van der Waals surface area contributed by atoms with Gasteiger partial charge in [-0.05, 0) is 55.5 Å². The van der Waals surface area contributed by atoms with Gasteiger partial charge in [0.15, 0.2) is 22.7 Å². The first-order valence-corrected chi connectivity index (χ1v) is 19.4. The number of hydrogen-bond acceptors (Lipinski definition) is 10. The number of hydrogen-bond donors (Lipinski definition) is 3. The number of aromatic carboxylic acids is 1. The second-order valence-electron chi connectivity index (χ2n) is 11.7. The first kappa shape index (κ1) is 48.2. The normalized spacial score (nSPS) is 9.92. The van der Waals surface area contributed by atoms with E-state index in [0.717, 1.165) is 28.2 Å². The maximum absolute atomic E-state index is 12.1. The van der Waals surface area contributed by atoms with E-state index in [1.54, 1.807) is 29.6 Å². The smallest absolute Gasteiger partial charge is 0.870 e. The van der Waals surface area contributed by atoms with E-state index in [0.29, 0.717) is 38.7 Å². The predicted molar refractivity (Wildman–Crippen MR) is 234 cm³/mol. The van der Waals surface area contributed by atoms with Crippen molar-refractivity contribution in [3.63, 3.8) is 0 Å². The summed E-state index contributed by atoms with van der Waals surface area (Å²) in [5, 5.41) is 25.6. The Kier molecular flexibility index (Phi) is 18.8. The summed E-state index contributed by atoms with van der Waals surface area (Å²) in [6, 6.07) is 40.8. The van der Waals surface area contributed by atoms with Crippen molar-refractivity contribution in [3.8, 4) is 22.5 Å². The third kappa shape index (κ3) is 12.2. The van der Waals surface area contributed by atoms with Crippen molar-refractivity contribution in [1.82, 2.24) is 29.2 Å². The van der Waals surface area contributed by atoms with Crippen LogP contribution in [0.15, 0.2) is 133 Å². The second-order valence-corrected chi connectivity index (χ2v) is 12.5. The molecule has 0 fully saturated rings. The van der Waals surface area contributed by atoms with Gasteiger partial charge in [0.2, 0.25) is 0 Å². The number of carboxylic acid groups (broad SMARTS) is 1. The number of carbonyl (C=O) groups excluding carboxylic acids is 1. The maximum Gasteiger partial charge on any atom is 1.00 e. The van der Waals surface area contributed by atoms with E-state index in [4.69, 9.17) is 27.9 Å². The van der Waals surface area contributed by atoms with Gasteiger partial charge in [-0.3, -0.25) is 0 Å². The topological polar surface area (TPSA) is 178 Å². The Morgan fingerprint density at radius 3 is 1.38 bits per heavy atom. The van der Waals surface area contributed by atoms with Crippen molar-refractivity contribution in [1.29, 1.82) is 0 Å². The minimum absolute atomic E-state index is 0. The zero-order valence-electron chi connectivity index (χ0n) is 34.0. The molecule has 8 aromatic rings. The zero-order valence-corrected chi connectivity index (χ0v) is 35.5. The number of carboxylic acids is 1. The summed E-state index contributed by atoms with van der Waals surface area (Å²) in [5.74, 6) is -0.295. The monoisotopic (exact) mass is 840 g/mol. The Hall–Kier alpha value is -6.20. The number of nitrogens with zero attached hydrogens (tertiary/aromatic N) is 6. The van der Waals surface area contributed by atoms with Crippen molar-refractivity contribution in [2.45, 2.75) is 34.6 Å². The minimum atomic E-state index is -1.10. The largest absolute Gasteiger partial charge is 1.00 e. The Labute approximate surface area is 369 Å². The SMILES string of the molecule is CC.CC.CCOC(=O)c1cc2nc(-c3ccc(Cl)cc3)cc(Nc3ccccc3)n2n1.O=C(O)c1cc2nc(-c3ccc(Cl)cc3)cc(Nc3ccccc3)n2n1.[Li+].[OH-]. The molecule has 0 radical (unpaired) electrons. The molecule has 4 N–H and O–H groups in total. The number of fused-ring (bicyclic) bond motifs is 2. The first-order chi connectivity index (χ1) is 28.2. The average Bonchev–Trinajstić information content (AvgIpc) is 3.90. The summed E-state index contributed by atoms with van der Waals surface area (Å²) in [5.41, 5.74) is 6.05. The molecule has 0 amide bonds. The number of halogens is 2. The molecule has 0 bridgehead atoms. The fourth-order valence-corrected chi connectivity index (χ4v) is 5.66. The molecule has 13 nitrogen and oxygen atoms in total. The van der Waals surface area contributed by atoms with Crippen molar-refractivity contribution in [2.75, 3.05) is 17.2 Å². The van der Waals surface area contributed by atoms with Crippen LogP contribution in [0.3, 0.4) is 0 Å². The van der Waals surface area contributed by atoms with Crippen molar-refractivity contribution in [2.24, 2.45) is 0 Å². The van der Waals surface area contributed by atoms with E-state index in [9.17, 15) is 14.7 Å². The summed E-state index contributed by atoms with van der Waals surface area (Å²) in [6.45, 7) is 10.0. The van der Waals surface area contributed by atoms with Gasteiger partial charge in [-0.15, -0.1) is 0 Å². The molecule has 0 saturated carbocycles. The van der Waals surface area contributed by atoms with Gasteiger partial charge in [0.05, 0.1) is 18.0 Å². The Balaban J connectivity index is 0.000000288. The Morgan fingerprint density at radius 1 is 0.617 bits per heavy atom. The van der Waals surface area contributed by atoms with Crippen LogP contribution in [0.1, 0.15) is 55.6 Å². The Bertz CT molecular complexity index is 2590. The van der Waals surface area contributed by atoms with Gasteiger partial charge in [0.25, 0.3) is 0 Å². The van der Waals surface area contributed by atoms with Crippen LogP contribution in [0.25, 0.3) is 33.8 Å².